The second-order valence-electron chi connectivity index (χ2n) is 28.1. The van der Waals surface area contributed by atoms with Gasteiger partial charge in [0.1, 0.15) is 0 Å². The molecule has 12 aromatic rings. The number of aryl methyl sites for hydroxylation is 2. The molecule has 0 unspecified atom stereocenters. The molecule has 0 saturated heterocycles. The zero-order valence-corrected chi connectivity index (χ0v) is 55.4. The summed E-state index contributed by atoms with van der Waals surface area (Å²) >= 11 is 1.95. The van der Waals surface area contributed by atoms with Crippen LogP contribution >= 0.6 is 11.8 Å². The van der Waals surface area contributed by atoms with E-state index in [9.17, 15) is 4.39 Å². The first-order valence-electron chi connectivity index (χ1n) is 30.2. The zero-order valence-electron chi connectivity index (χ0n) is 52.2. The monoisotopic (exact) mass is 1330 g/mol. The maximum absolute atomic E-state index is 12.7. The molecule has 6 heterocycles. The van der Waals surface area contributed by atoms with Crippen LogP contribution in [0.5, 0.6) is 0 Å². The fourth-order valence-electron chi connectivity index (χ4n) is 13.0. The number of anilines is 6. The minimum absolute atomic E-state index is 0. The minimum Gasteiger partial charge on any atom is -0.333 e. The number of hydrogen-bond acceptors (Lipinski definition) is 5. The van der Waals surface area contributed by atoms with E-state index in [0.29, 0.717) is 0 Å². The number of fused-ring (bicyclic) bond motifs is 14. The molecule has 3 aliphatic heterocycles. The van der Waals surface area contributed by atoms with E-state index in [2.05, 4.69) is 254 Å². The Balaban J connectivity index is 0.000000383. The molecule has 87 heavy (non-hydrogen) atoms. The number of pyridine rings is 2. The van der Waals surface area contributed by atoms with E-state index in [4.69, 9.17) is 4.98 Å². The summed E-state index contributed by atoms with van der Waals surface area (Å²) in [6.07, 6.45) is 1.82. The number of halogens is 1. The third-order valence-electron chi connectivity index (χ3n) is 18.1. The van der Waals surface area contributed by atoms with E-state index in [1.807, 2.05) is 43.9 Å². The number of nitrogens with zero attached hydrogens (tertiary/aromatic N) is 5. The summed E-state index contributed by atoms with van der Waals surface area (Å²) in [5, 5.41) is 3.38. The number of rotatable bonds is 3. The molecule has 0 saturated carbocycles. The predicted octanol–water partition coefficient (Wildman–Crippen LogP) is 19.3. The van der Waals surface area contributed by atoms with Gasteiger partial charge in [-0.3, -0.25) is 9.37 Å². The number of hydrogen-bond donors (Lipinski definition) is 0. The molecule has 15 rings (SSSR count). The van der Waals surface area contributed by atoms with Gasteiger partial charge in [-0.15, -0.1) is 59.5 Å². The Morgan fingerprint density at radius 3 is 1.86 bits per heavy atom. The standard InChI is InChI=1S/C65H60BN4S.C13H11FN.Ir/c1-62(2,3)40-22-26-44(27-23-40)68-51-29-24-41(63(4,5)6)34-48(51)66-49-35-43(65(10,11)12)37-58-60(49)69(53-30-25-42(64(7,8)9)36-57(53)71-58)56-33-39(32-55(68)59(56)66)38-21-28-46-45-17-13-14-18-47(45)61-67-50-19-15-16-20-52(50)70(61)54(46)31-38;1-9-7-13(15-8-10(9)2)11-3-5-12(14)6-4-11;/h13-17,19-37H,1-12H3;3,5-8H,1-2H3;/q2*-1;. The van der Waals surface area contributed by atoms with Crippen LogP contribution in [0.2, 0.25) is 0 Å². The van der Waals surface area contributed by atoms with Gasteiger partial charge in [0.25, 0.3) is 6.71 Å². The number of aromatic nitrogens is 3. The Bertz CT molecular complexity index is 4770. The van der Waals surface area contributed by atoms with Gasteiger partial charge in [-0.05, 0) is 169 Å². The van der Waals surface area contributed by atoms with Crippen molar-refractivity contribution >= 4 is 107 Å². The quantitative estimate of drug-likeness (QED) is 0.100. The first-order chi connectivity index (χ1) is 40.9. The van der Waals surface area contributed by atoms with Crippen LogP contribution in [-0.2, 0) is 41.8 Å². The Labute approximate surface area is 530 Å². The van der Waals surface area contributed by atoms with Gasteiger partial charge in [0.2, 0.25) is 0 Å². The first kappa shape index (κ1) is 58.2. The Morgan fingerprint density at radius 1 is 0.517 bits per heavy atom. The molecule has 3 aliphatic rings. The van der Waals surface area contributed by atoms with Crippen molar-refractivity contribution in [2.24, 2.45) is 0 Å². The van der Waals surface area contributed by atoms with Crippen LogP contribution < -0.4 is 26.2 Å². The Kier molecular flexibility index (Phi) is 14.0. The molecular weight excluding hydrogens is 1260 g/mol. The van der Waals surface area contributed by atoms with E-state index < -0.39 is 0 Å². The summed E-state index contributed by atoms with van der Waals surface area (Å²) < 4.78 is 15.1. The van der Waals surface area contributed by atoms with Crippen LogP contribution in [0, 0.1) is 31.8 Å². The maximum atomic E-state index is 12.7. The molecule has 5 nitrogen and oxygen atoms in total. The fraction of sp³-hybridized carbons (Fsp3) is 0.231. The van der Waals surface area contributed by atoms with Gasteiger partial charge in [-0.25, -0.2) is 0 Å². The van der Waals surface area contributed by atoms with E-state index in [-0.39, 0.29) is 54.3 Å². The van der Waals surface area contributed by atoms with Crippen molar-refractivity contribution in [3.63, 3.8) is 0 Å². The van der Waals surface area contributed by atoms with Crippen LogP contribution in [0.15, 0.2) is 186 Å². The third-order valence-corrected chi connectivity index (χ3v) is 19.1. The minimum atomic E-state index is -0.275. The van der Waals surface area contributed by atoms with E-state index >= 15 is 0 Å². The maximum Gasteiger partial charge on any atom is 0.252 e. The van der Waals surface area contributed by atoms with Gasteiger partial charge in [-0.1, -0.05) is 173 Å². The van der Waals surface area contributed by atoms with Gasteiger partial charge in [0.15, 0.2) is 0 Å². The molecule has 9 aromatic carbocycles. The zero-order chi connectivity index (χ0) is 60.1. The second-order valence-corrected chi connectivity index (χ2v) is 29.2. The molecular formula is C78H71BFIrN5S-2. The summed E-state index contributed by atoms with van der Waals surface area (Å²) in [6.45, 7) is 32.1. The largest absolute Gasteiger partial charge is 0.333 e. The van der Waals surface area contributed by atoms with Crippen molar-refractivity contribution in [2.75, 3.05) is 9.80 Å². The van der Waals surface area contributed by atoms with Crippen LogP contribution in [0.4, 0.5) is 38.5 Å². The predicted molar refractivity (Wildman–Crippen MR) is 363 cm³/mol. The van der Waals surface area contributed by atoms with Crippen LogP contribution in [0.25, 0.3) is 60.7 Å². The Hall–Kier alpha value is -7.81. The molecule has 1 radical (unpaired) electrons. The van der Waals surface area contributed by atoms with Crippen LogP contribution in [-0.4, -0.2) is 21.1 Å². The van der Waals surface area contributed by atoms with Gasteiger partial charge in [0, 0.05) is 70.2 Å². The summed E-state index contributed by atoms with van der Waals surface area (Å²) in [5.41, 5.74) is 27.2. The van der Waals surface area contributed by atoms with Gasteiger partial charge in [-0.2, -0.15) is 0 Å². The van der Waals surface area contributed by atoms with Gasteiger partial charge >= 0.3 is 0 Å². The SMILES string of the molecule is CC(C)(C)c1ccc(N2c3ccc(C(C)(C)C)cc3B3c4cc(C(C)(C)C)cc5c4N(c4ccc(C(C)(C)C)cc4S5)c4cc(-c5ccc6c7ccc[c-]c7c7nc8ccccc8n7c6c5)cc2c43)cc1.Cc1cnc(-c2[c-]cc(F)cc2)cc1C.[Ir]. The molecule has 0 N–H and O–H groups in total. The van der Waals surface area contributed by atoms with E-state index in [1.165, 1.54) is 106 Å². The third kappa shape index (κ3) is 9.89. The van der Waals surface area contributed by atoms with Crippen molar-refractivity contribution in [2.45, 2.75) is 128 Å². The molecule has 9 heteroatoms. The summed E-state index contributed by atoms with van der Waals surface area (Å²) in [7, 11) is 0. The normalized spacial score (nSPS) is 13.5. The Morgan fingerprint density at radius 2 is 1.17 bits per heavy atom. The first-order valence-corrected chi connectivity index (χ1v) is 31.0. The summed E-state index contributed by atoms with van der Waals surface area (Å²) in [4.78, 5) is 17.4. The van der Waals surface area contributed by atoms with Gasteiger partial charge < -0.3 is 19.2 Å². The second kappa shape index (κ2) is 20.9. The van der Waals surface area contributed by atoms with Crippen molar-refractivity contribution in [3.05, 3.63) is 227 Å². The fourth-order valence-corrected chi connectivity index (χ4v) is 14.2. The summed E-state index contributed by atoms with van der Waals surface area (Å²) in [5.74, 6) is -0.275. The molecule has 0 amide bonds. The topological polar surface area (TPSA) is 36.7 Å². The molecule has 0 atom stereocenters. The smallest absolute Gasteiger partial charge is 0.252 e. The van der Waals surface area contributed by atoms with Crippen LogP contribution in [0.3, 0.4) is 0 Å². The van der Waals surface area contributed by atoms with Crippen molar-refractivity contribution in [3.8, 4) is 22.4 Å². The van der Waals surface area contributed by atoms with Crippen molar-refractivity contribution in [1.29, 1.82) is 0 Å². The average molecular weight is 1330 g/mol. The number of imidazole rings is 1. The van der Waals surface area contributed by atoms with Crippen molar-refractivity contribution < 1.29 is 24.5 Å². The van der Waals surface area contributed by atoms with Gasteiger partial charge in [0.05, 0.1) is 28.1 Å². The molecule has 3 aromatic heterocycles. The molecule has 0 aliphatic carbocycles. The molecule has 0 bridgehead atoms. The molecule has 435 valence electrons. The number of para-hydroxylation sites is 2. The molecule has 0 spiro atoms. The molecule has 0 fully saturated rings. The number of benzene rings is 9. The van der Waals surface area contributed by atoms with Crippen LogP contribution in [0.1, 0.15) is 116 Å². The summed E-state index contributed by atoms with van der Waals surface area (Å²) in [6, 6.07) is 68.9. The van der Waals surface area contributed by atoms with E-state index in [0.717, 1.165) is 61.0 Å². The average Bonchev–Trinajstić information content (AvgIpc) is 0.941. The van der Waals surface area contributed by atoms with E-state index in [1.54, 1.807) is 6.07 Å². The van der Waals surface area contributed by atoms with Crippen molar-refractivity contribution in [1.82, 2.24) is 14.4 Å².